The third kappa shape index (κ3) is 40.9. The predicted octanol–water partition coefficient (Wildman–Crippen LogP) is 12.3. The zero-order chi connectivity index (χ0) is 40.3. The number of rotatable bonds is 39. The number of allylic oxidation sites excluding steroid dienone is 12. The summed E-state index contributed by atoms with van der Waals surface area (Å²) in [5.74, 6) is -0.907. The van der Waals surface area contributed by atoms with Crippen LogP contribution in [0.15, 0.2) is 72.9 Å². The van der Waals surface area contributed by atoms with Gasteiger partial charge in [0.05, 0.1) is 13.2 Å². The van der Waals surface area contributed by atoms with Crippen molar-refractivity contribution in [2.24, 2.45) is 5.73 Å². The first-order valence-corrected chi connectivity index (χ1v) is 22.9. The highest BCUT2D eigenvalue weighted by atomic mass is 31.2. The second-order valence-electron chi connectivity index (χ2n) is 13.8. The molecule has 9 nitrogen and oxygen atoms in total. The smallest absolute Gasteiger partial charge is 0.462 e. The van der Waals surface area contributed by atoms with Gasteiger partial charge in [0.2, 0.25) is 0 Å². The fourth-order valence-corrected chi connectivity index (χ4v) is 6.19. The molecule has 0 aromatic rings. The lowest BCUT2D eigenvalue weighted by molar-refractivity contribution is -0.161. The van der Waals surface area contributed by atoms with Gasteiger partial charge in [-0.1, -0.05) is 151 Å². The zero-order valence-corrected chi connectivity index (χ0v) is 35.5. The molecule has 10 heteroatoms. The Balaban J connectivity index is 4.27. The van der Waals surface area contributed by atoms with Gasteiger partial charge in [0.15, 0.2) is 6.10 Å². The summed E-state index contributed by atoms with van der Waals surface area (Å²) in [6, 6.07) is 0. The molecule has 55 heavy (non-hydrogen) atoms. The van der Waals surface area contributed by atoms with Crippen LogP contribution in [0.25, 0.3) is 0 Å². The van der Waals surface area contributed by atoms with E-state index in [0.717, 1.165) is 64.2 Å². The van der Waals surface area contributed by atoms with Gasteiger partial charge in [-0.15, -0.1) is 0 Å². The van der Waals surface area contributed by atoms with E-state index in [2.05, 4.69) is 80.7 Å². The highest BCUT2D eigenvalue weighted by Crippen LogP contribution is 2.43. The maximum atomic E-state index is 12.6. The highest BCUT2D eigenvalue weighted by molar-refractivity contribution is 7.47. The SMILES string of the molecule is CCC=CCC=CCC=CCC=CCC=CCCCC(=O)OC(COC(=O)CCCCCCCCCC=CCCCCCCCC)COP(=O)(O)OCCN. The van der Waals surface area contributed by atoms with Gasteiger partial charge in [0.25, 0.3) is 0 Å². The molecule has 316 valence electrons. The van der Waals surface area contributed by atoms with Crippen molar-refractivity contribution in [2.45, 2.75) is 174 Å². The summed E-state index contributed by atoms with van der Waals surface area (Å²) in [5, 5.41) is 0. The van der Waals surface area contributed by atoms with Gasteiger partial charge in [-0.3, -0.25) is 18.6 Å². The summed E-state index contributed by atoms with van der Waals surface area (Å²) in [5.41, 5.74) is 5.34. The van der Waals surface area contributed by atoms with Gasteiger partial charge in [0, 0.05) is 19.4 Å². The second kappa shape index (κ2) is 41.1. The van der Waals surface area contributed by atoms with Crippen LogP contribution in [0.5, 0.6) is 0 Å². The predicted molar refractivity (Wildman–Crippen MR) is 229 cm³/mol. The normalized spacial score (nSPS) is 14.0. The number of hydrogen-bond donors (Lipinski definition) is 2. The maximum Gasteiger partial charge on any atom is 0.472 e. The van der Waals surface area contributed by atoms with Gasteiger partial charge < -0.3 is 20.1 Å². The summed E-state index contributed by atoms with van der Waals surface area (Å²) in [4.78, 5) is 34.8. The van der Waals surface area contributed by atoms with Gasteiger partial charge in [-0.2, -0.15) is 0 Å². The van der Waals surface area contributed by atoms with Gasteiger partial charge in [0.1, 0.15) is 6.61 Å². The lowest BCUT2D eigenvalue weighted by atomic mass is 10.1. The number of unbranched alkanes of at least 4 members (excludes halogenated alkanes) is 14. The Hall–Kier alpha value is -2.55. The first kappa shape index (κ1) is 52.5. The van der Waals surface area contributed by atoms with Gasteiger partial charge in [-0.05, 0) is 77.0 Å². The number of carbonyl (C=O) groups excluding carboxylic acids is 2. The second-order valence-corrected chi connectivity index (χ2v) is 15.3. The monoisotopic (exact) mass is 792 g/mol. The zero-order valence-electron chi connectivity index (χ0n) is 34.6. The molecule has 0 aromatic carbocycles. The van der Waals surface area contributed by atoms with Crippen LogP contribution >= 0.6 is 7.82 Å². The van der Waals surface area contributed by atoms with Crippen LogP contribution in [0.3, 0.4) is 0 Å². The molecule has 0 aliphatic heterocycles. The minimum Gasteiger partial charge on any atom is -0.462 e. The average Bonchev–Trinajstić information content (AvgIpc) is 3.17. The van der Waals surface area contributed by atoms with E-state index in [9.17, 15) is 19.0 Å². The Labute approximate surface area is 335 Å². The number of esters is 2. The largest absolute Gasteiger partial charge is 0.472 e. The van der Waals surface area contributed by atoms with Crippen molar-refractivity contribution >= 4 is 19.8 Å². The Morgan fingerprint density at radius 2 is 1.02 bits per heavy atom. The topological polar surface area (TPSA) is 134 Å². The molecule has 0 heterocycles. The van der Waals surface area contributed by atoms with E-state index in [1.165, 1.54) is 64.2 Å². The number of phosphoric acid groups is 1. The molecule has 0 aromatic heterocycles. The van der Waals surface area contributed by atoms with Crippen molar-refractivity contribution in [2.75, 3.05) is 26.4 Å². The van der Waals surface area contributed by atoms with Crippen LogP contribution in [0, 0.1) is 0 Å². The average molecular weight is 792 g/mol. The van der Waals surface area contributed by atoms with E-state index >= 15 is 0 Å². The molecule has 0 fully saturated rings. The lowest BCUT2D eigenvalue weighted by Gasteiger charge is -2.19. The number of hydrogen-bond acceptors (Lipinski definition) is 8. The molecule has 0 aliphatic carbocycles. The molecule has 0 bridgehead atoms. The third-order valence-electron chi connectivity index (χ3n) is 8.58. The molecular formula is C45H78NO8P. The van der Waals surface area contributed by atoms with Crippen molar-refractivity contribution in [1.29, 1.82) is 0 Å². The summed E-state index contributed by atoms with van der Waals surface area (Å²) < 4.78 is 32.7. The Kier molecular flexibility index (Phi) is 39.2. The minimum absolute atomic E-state index is 0.0405. The molecule has 0 aliphatic rings. The Bertz CT molecular complexity index is 1130. The fourth-order valence-electron chi connectivity index (χ4n) is 5.43. The number of nitrogens with two attached hydrogens (primary N) is 1. The highest BCUT2D eigenvalue weighted by Gasteiger charge is 2.25. The summed E-state index contributed by atoms with van der Waals surface area (Å²) in [6.45, 7) is 3.53. The molecule has 0 spiro atoms. The van der Waals surface area contributed by atoms with E-state index in [1.54, 1.807) is 0 Å². The molecular weight excluding hydrogens is 713 g/mol. The molecule has 0 amide bonds. The maximum absolute atomic E-state index is 12.6. The molecule has 0 rings (SSSR count). The quantitative estimate of drug-likeness (QED) is 0.0270. The van der Waals surface area contributed by atoms with Crippen LogP contribution in [0.1, 0.15) is 168 Å². The van der Waals surface area contributed by atoms with Crippen LogP contribution < -0.4 is 5.73 Å². The van der Waals surface area contributed by atoms with E-state index in [0.29, 0.717) is 12.8 Å². The van der Waals surface area contributed by atoms with Crippen molar-refractivity contribution in [3.05, 3.63) is 72.9 Å². The number of ether oxygens (including phenoxy) is 2. The lowest BCUT2D eigenvalue weighted by Crippen LogP contribution is -2.29. The third-order valence-corrected chi connectivity index (χ3v) is 9.56. The standard InChI is InChI=1S/C45H78NO8P/c1-3-5-7-9-11-13-15-17-19-21-23-25-27-29-31-33-35-37-44(47)51-41-43(42-53-55(49,50)52-40-39-46)54-45(48)38-36-34-32-30-28-26-24-22-20-18-16-14-12-10-8-6-4-2/h6,8,12,14,17-20,24,26,30,32,43H,3-5,7,9-11,13,15-16,21-23,25,27-29,31,33-42,46H2,1-2H3,(H,49,50). The van der Waals surface area contributed by atoms with E-state index < -0.39 is 32.5 Å². The van der Waals surface area contributed by atoms with Crippen LogP contribution in [-0.2, 0) is 32.7 Å². The van der Waals surface area contributed by atoms with Crippen molar-refractivity contribution in [1.82, 2.24) is 0 Å². The molecule has 2 atom stereocenters. The number of carbonyl (C=O) groups is 2. The van der Waals surface area contributed by atoms with Crippen LogP contribution in [0.2, 0.25) is 0 Å². The first-order valence-electron chi connectivity index (χ1n) is 21.4. The molecule has 0 radical (unpaired) electrons. The molecule has 0 saturated carbocycles. The summed E-state index contributed by atoms with van der Waals surface area (Å²) in [6.07, 6.45) is 49.4. The molecule has 0 saturated heterocycles. The van der Waals surface area contributed by atoms with E-state index in [-0.39, 0.29) is 32.6 Å². The van der Waals surface area contributed by atoms with Gasteiger partial charge in [-0.25, -0.2) is 4.57 Å². The fraction of sp³-hybridized carbons (Fsp3) is 0.689. The summed E-state index contributed by atoms with van der Waals surface area (Å²) in [7, 11) is -4.40. The minimum atomic E-state index is -4.40. The van der Waals surface area contributed by atoms with Crippen molar-refractivity contribution in [3.63, 3.8) is 0 Å². The number of phosphoric ester groups is 1. The van der Waals surface area contributed by atoms with E-state index in [1.807, 2.05) is 6.08 Å². The van der Waals surface area contributed by atoms with Crippen LogP contribution in [0.4, 0.5) is 0 Å². The van der Waals surface area contributed by atoms with Crippen molar-refractivity contribution < 1.29 is 37.6 Å². The molecule has 3 N–H and O–H groups in total. The van der Waals surface area contributed by atoms with Crippen LogP contribution in [-0.4, -0.2) is 49.3 Å². The Morgan fingerprint density at radius 1 is 0.564 bits per heavy atom. The summed E-state index contributed by atoms with van der Waals surface area (Å²) >= 11 is 0. The molecule has 2 unspecified atom stereocenters. The van der Waals surface area contributed by atoms with Crippen molar-refractivity contribution in [3.8, 4) is 0 Å². The van der Waals surface area contributed by atoms with Gasteiger partial charge >= 0.3 is 19.8 Å². The first-order chi connectivity index (χ1) is 26.8. The Morgan fingerprint density at radius 3 is 1.56 bits per heavy atom. The van der Waals surface area contributed by atoms with E-state index in [4.69, 9.17) is 24.3 Å².